The van der Waals surface area contributed by atoms with Crippen LogP contribution in [0.3, 0.4) is 0 Å². The average molecular weight is 341 g/mol. The summed E-state index contributed by atoms with van der Waals surface area (Å²) in [5, 5.41) is 7.92. The van der Waals surface area contributed by atoms with E-state index >= 15 is 0 Å². The molecule has 126 valence electrons. The van der Waals surface area contributed by atoms with Crippen molar-refractivity contribution in [2.24, 2.45) is 7.05 Å². The lowest BCUT2D eigenvalue weighted by atomic mass is 10.1. The lowest BCUT2D eigenvalue weighted by molar-refractivity contribution is 0.584. The van der Waals surface area contributed by atoms with Gasteiger partial charge < -0.3 is 16.0 Å². The molecule has 1 aromatic carbocycles. The van der Waals surface area contributed by atoms with Gasteiger partial charge in [0.05, 0.1) is 16.6 Å². The Balaban J connectivity index is 2.11. The molecule has 0 aliphatic heterocycles. The maximum Gasteiger partial charge on any atom is 0.169 e. The Hall–Kier alpha value is -3.54. The van der Waals surface area contributed by atoms with Gasteiger partial charge in [0.1, 0.15) is 40.8 Å². The largest absolute Gasteiger partial charge is 0.383 e. The highest BCUT2D eigenvalue weighted by Crippen LogP contribution is 2.23. The van der Waals surface area contributed by atoms with Crippen molar-refractivity contribution >= 4 is 28.4 Å². The molecule has 0 saturated carbocycles. The Labute approximate surface area is 141 Å². The second-order valence-corrected chi connectivity index (χ2v) is 5.28. The highest BCUT2D eigenvalue weighted by molar-refractivity contribution is 6.16. The van der Waals surface area contributed by atoms with Crippen LogP contribution in [0.2, 0.25) is 0 Å². The molecule has 5 N–H and O–H groups in total. The van der Waals surface area contributed by atoms with Crippen molar-refractivity contribution in [3.63, 3.8) is 0 Å². The van der Waals surface area contributed by atoms with E-state index in [4.69, 9.17) is 16.9 Å². The summed E-state index contributed by atoms with van der Waals surface area (Å²) in [6.45, 7) is 1.68. The van der Waals surface area contributed by atoms with E-state index in [1.807, 2.05) is 0 Å². The van der Waals surface area contributed by atoms with Gasteiger partial charge in [-0.05, 0) is 12.8 Å². The van der Waals surface area contributed by atoms with E-state index in [0.29, 0.717) is 11.3 Å². The van der Waals surface area contributed by atoms with Crippen LogP contribution in [0.15, 0.2) is 12.4 Å². The molecule has 0 fully saturated rings. The average Bonchev–Trinajstić information content (AvgIpc) is 2.83. The molecular weight excluding hydrogens is 328 g/mol. The van der Waals surface area contributed by atoms with E-state index in [-0.39, 0.29) is 28.4 Å². The molecule has 9 heteroatoms. The number of benzene rings is 1. The molecule has 7 nitrogen and oxygen atoms in total. The summed E-state index contributed by atoms with van der Waals surface area (Å²) < 4.78 is 30.4. The number of rotatable bonds is 1. The van der Waals surface area contributed by atoms with Gasteiger partial charge in [0.25, 0.3) is 0 Å². The number of nitrogen functional groups attached to an aromatic ring is 2. The van der Waals surface area contributed by atoms with Crippen molar-refractivity contribution in [1.82, 2.24) is 19.5 Å². The fourth-order valence-electron chi connectivity index (χ4n) is 2.34. The van der Waals surface area contributed by atoms with Gasteiger partial charge in [0, 0.05) is 13.1 Å². The zero-order valence-corrected chi connectivity index (χ0v) is 13.4. The number of aryl methyl sites for hydroxylation is 2. The summed E-state index contributed by atoms with van der Waals surface area (Å²) in [5.41, 5.74) is 10.8. The van der Waals surface area contributed by atoms with Gasteiger partial charge in [-0.3, -0.25) is 5.41 Å². The molecule has 2 heterocycles. The molecule has 0 aliphatic carbocycles. The van der Waals surface area contributed by atoms with E-state index < -0.39 is 17.2 Å². The number of anilines is 2. The van der Waals surface area contributed by atoms with Crippen LogP contribution in [0.1, 0.15) is 17.0 Å². The summed E-state index contributed by atoms with van der Waals surface area (Å²) in [7, 11) is 1.66. The first-order chi connectivity index (χ1) is 11.8. The molecule has 0 aliphatic rings. The molecule has 3 aromatic rings. The fourth-order valence-corrected chi connectivity index (χ4v) is 2.34. The summed E-state index contributed by atoms with van der Waals surface area (Å²) in [6.07, 6.45) is 1.14. The zero-order chi connectivity index (χ0) is 18.3. The topological polar surface area (TPSA) is 119 Å². The van der Waals surface area contributed by atoms with Crippen molar-refractivity contribution in [3.05, 3.63) is 41.0 Å². The summed E-state index contributed by atoms with van der Waals surface area (Å²) in [5.74, 6) is 3.38. The van der Waals surface area contributed by atoms with E-state index in [2.05, 4.69) is 26.8 Å². The van der Waals surface area contributed by atoms with Crippen molar-refractivity contribution in [2.75, 3.05) is 11.5 Å². The Morgan fingerprint density at radius 1 is 1.24 bits per heavy atom. The first-order valence-corrected chi connectivity index (χ1v) is 7.09. The lowest BCUT2D eigenvalue weighted by Crippen LogP contribution is -2.09. The SMILES string of the molecule is Cc1nc2c(F)c(C#CC(=N)c3c(N)ncnc3N)c(F)cc2n1C. The van der Waals surface area contributed by atoms with Crippen LogP contribution >= 0.6 is 0 Å². The summed E-state index contributed by atoms with van der Waals surface area (Å²) in [6, 6.07) is 1.15. The second kappa shape index (κ2) is 5.83. The van der Waals surface area contributed by atoms with Crippen molar-refractivity contribution in [1.29, 1.82) is 5.41 Å². The monoisotopic (exact) mass is 341 g/mol. The molecule has 0 bridgehead atoms. The Morgan fingerprint density at radius 3 is 2.52 bits per heavy atom. The third kappa shape index (κ3) is 2.63. The highest BCUT2D eigenvalue weighted by Gasteiger charge is 2.17. The van der Waals surface area contributed by atoms with Gasteiger partial charge in [-0.1, -0.05) is 5.92 Å². The van der Waals surface area contributed by atoms with Crippen LogP contribution in [0.4, 0.5) is 20.4 Å². The Kier molecular flexibility index (Phi) is 3.81. The third-order valence-electron chi connectivity index (χ3n) is 3.76. The molecule has 0 atom stereocenters. The van der Waals surface area contributed by atoms with Gasteiger partial charge in [-0.15, -0.1) is 0 Å². The molecule has 0 spiro atoms. The normalized spacial score (nSPS) is 10.6. The van der Waals surface area contributed by atoms with E-state index in [1.54, 1.807) is 18.5 Å². The van der Waals surface area contributed by atoms with Gasteiger partial charge in [-0.25, -0.2) is 23.7 Å². The number of nitrogens with zero attached hydrogens (tertiary/aromatic N) is 4. The van der Waals surface area contributed by atoms with Crippen LogP contribution in [-0.2, 0) is 7.05 Å². The first kappa shape index (κ1) is 16.3. The molecule has 0 amide bonds. The molecule has 0 saturated heterocycles. The van der Waals surface area contributed by atoms with E-state index in [9.17, 15) is 8.78 Å². The predicted molar refractivity (Wildman–Crippen MR) is 89.9 cm³/mol. The Bertz CT molecular complexity index is 1070. The number of nitrogens with one attached hydrogen (secondary N) is 1. The zero-order valence-electron chi connectivity index (χ0n) is 13.4. The number of nitrogens with two attached hydrogens (primary N) is 2. The third-order valence-corrected chi connectivity index (χ3v) is 3.76. The quantitative estimate of drug-likeness (QED) is 0.458. The fraction of sp³-hybridized carbons (Fsp3) is 0.125. The standard InChI is InChI=1S/C16H13F2N7/c1-7-24-14-11(25(7)2)5-9(17)8(13(14)18)3-4-10(19)12-15(20)22-6-23-16(12)21/h5-6,19H,1-2H3,(H4,20,21,22,23). The molecule has 3 rings (SSSR count). The van der Waals surface area contributed by atoms with E-state index in [1.165, 1.54) is 0 Å². The first-order valence-electron chi connectivity index (χ1n) is 7.09. The van der Waals surface area contributed by atoms with Crippen LogP contribution in [0.5, 0.6) is 0 Å². The molecule has 0 radical (unpaired) electrons. The minimum Gasteiger partial charge on any atom is -0.383 e. The number of imidazole rings is 1. The van der Waals surface area contributed by atoms with Crippen LogP contribution in [-0.4, -0.2) is 25.2 Å². The highest BCUT2D eigenvalue weighted by atomic mass is 19.1. The molecule has 2 aromatic heterocycles. The van der Waals surface area contributed by atoms with Crippen molar-refractivity contribution in [3.8, 4) is 11.8 Å². The van der Waals surface area contributed by atoms with Crippen molar-refractivity contribution < 1.29 is 8.78 Å². The maximum atomic E-state index is 14.6. The lowest BCUT2D eigenvalue weighted by Gasteiger charge is -2.04. The van der Waals surface area contributed by atoms with Crippen LogP contribution in [0, 0.1) is 35.8 Å². The smallest absolute Gasteiger partial charge is 0.169 e. The maximum absolute atomic E-state index is 14.6. The van der Waals surface area contributed by atoms with Gasteiger partial charge in [0.2, 0.25) is 0 Å². The minimum atomic E-state index is -0.885. The van der Waals surface area contributed by atoms with Gasteiger partial charge in [-0.2, -0.15) is 0 Å². The van der Waals surface area contributed by atoms with Crippen LogP contribution in [0.25, 0.3) is 11.0 Å². The van der Waals surface area contributed by atoms with Crippen LogP contribution < -0.4 is 11.5 Å². The molecule has 25 heavy (non-hydrogen) atoms. The summed E-state index contributed by atoms with van der Waals surface area (Å²) in [4.78, 5) is 11.5. The number of hydrogen-bond acceptors (Lipinski definition) is 6. The number of aromatic nitrogens is 4. The minimum absolute atomic E-state index is 0.0132. The predicted octanol–water partition coefficient (Wildman–Crippen LogP) is 1.53. The molecular formula is C16H13F2N7. The second-order valence-electron chi connectivity index (χ2n) is 5.28. The number of halogens is 2. The van der Waals surface area contributed by atoms with Gasteiger partial charge >= 0.3 is 0 Å². The summed E-state index contributed by atoms with van der Waals surface area (Å²) >= 11 is 0. The van der Waals surface area contributed by atoms with Gasteiger partial charge in [0.15, 0.2) is 5.82 Å². The molecule has 0 unspecified atom stereocenters. The van der Waals surface area contributed by atoms with Crippen molar-refractivity contribution in [2.45, 2.75) is 6.92 Å². The number of fused-ring (bicyclic) bond motifs is 1. The Morgan fingerprint density at radius 2 is 1.88 bits per heavy atom. The number of hydrogen-bond donors (Lipinski definition) is 3. The van der Waals surface area contributed by atoms with E-state index in [0.717, 1.165) is 12.4 Å².